The number of aliphatic hydroxyl groups is 1. The first-order valence-electron chi connectivity index (χ1n) is 5.82. The molecule has 3 heteroatoms. The second-order valence-corrected chi connectivity index (χ2v) is 4.73. The Kier molecular flexibility index (Phi) is 7.06. The largest absolute Gasteiger partial charge is 0.467 e. The van der Waals surface area contributed by atoms with Crippen molar-refractivity contribution in [3.63, 3.8) is 0 Å². The number of carbonyl (C=O) groups excluding carboxylic acids is 1. The summed E-state index contributed by atoms with van der Waals surface area (Å²) in [7, 11) is 1.29. The summed E-state index contributed by atoms with van der Waals surface area (Å²) in [5.41, 5.74) is 1.22. The van der Waals surface area contributed by atoms with E-state index in [1.165, 1.54) is 12.7 Å². The molecule has 0 spiro atoms. The van der Waals surface area contributed by atoms with Gasteiger partial charge in [-0.05, 0) is 31.1 Å². The van der Waals surface area contributed by atoms with Crippen LogP contribution in [0, 0.1) is 11.8 Å². The van der Waals surface area contributed by atoms with Crippen LogP contribution in [0.25, 0.3) is 0 Å². The number of allylic oxidation sites excluding steroid dienone is 1. The predicted octanol–water partition coefficient (Wildman–Crippen LogP) is 2.54. The molecule has 0 aliphatic rings. The minimum absolute atomic E-state index is 0.296. The number of ether oxygens (including phenoxy) is 1. The predicted molar refractivity (Wildman–Crippen MR) is 65.0 cm³/mol. The first kappa shape index (κ1) is 15.2. The lowest BCUT2D eigenvalue weighted by Crippen LogP contribution is -2.24. The zero-order valence-electron chi connectivity index (χ0n) is 10.8. The van der Waals surface area contributed by atoms with Crippen molar-refractivity contribution in [2.24, 2.45) is 11.8 Å². The Bertz CT molecular complexity index is 233. The average Bonchev–Trinajstić information content (AvgIpc) is 2.24. The van der Waals surface area contributed by atoms with E-state index < -0.39 is 12.1 Å². The number of aliphatic hydroxyl groups excluding tert-OH is 1. The smallest absolute Gasteiger partial charge is 0.334 e. The summed E-state index contributed by atoms with van der Waals surface area (Å²) < 4.78 is 4.47. The highest BCUT2D eigenvalue weighted by atomic mass is 16.5. The molecule has 3 nitrogen and oxygen atoms in total. The molecule has 0 saturated heterocycles. The van der Waals surface area contributed by atoms with Crippen LogP contribution in [0.4, 0.5) is 0 Å². The van der Waals surface area contributed by atoms with Gasteiger partial charge in [-0.25, -0.2) is 4.79 Å². The maximum atomic E-state index is 11.0. The van der Waals surface area contributed by atoms with Crippen molar-refractivity contribution in [3.8, 4) is 0 Å². The van der Waals surface area contributed by atoms with Crippen LogP contribution >= 0.6 is 0 Å². The topological polar surface area (TPSA) is 46.5 Å². The molecule has 0 amide bonds. The maximum Gasteiger partial charge on any atom is 0.334 e. The molecule has 0 radical (unpaired) electrons. The number of hydrogen-bond donors (Lipinski definition) is 1. The molecule has 0 fully saturated rings. The fraction of sp³-hybridized carbons (Fsp3) is 0.769. The van der Waals surface area contributed by atoms with E-state index in [0.717, 1.165) is 12.8 Å². The minimum atomic E-state index is -0.993. The third-order valence-corrected chi connectivity index (χ3v) is 2.87. The van der Waals surface area contributed by atoms with Crippen LogP contribution < -0.4 is 0 Å². The highest BCUT2D eigenvalue weighted by molar-refractivity contribution is 5.74. The Morgan fingerprint density at radius 3 is 2.38 bits per heavy atom. The van der Waals surface area contributed by atoms with Gasteiger partial charge in [0.1, 0.15) is 0 Å². The molecule has 94 valence electrons. The molecule has 0 rings (SSSR count). The van der Waals surface area contributed by atoms with Crippen LogP contribution in [0.1, 0.15) is 40.0 Å². The zero-order chi connectivity index (χ0) is 12.7. The second-order valence-electron chi connectivity index (χ2n) is 4.73. The van der Waals surface area contributed by atoms with Gasteiger partial charge in [-0.1, -0.05) is 32.9 Å². The van der Waals surface area contributed by atoms with E-state index >= 15 is 0 Å². The SMILES string of the molecule is C=C(CC[C@@H](C)CC(O)C(=O)OC)C(C)C. The van der Waals surface area contributed by atoms with E-state index in [9.17, 15) is 9.90 Å². The van der Waals surface area contributed by atoms with Crippen LogP contribution in [0.2, 0.25) is 0 Å². The number of rotatable bonds is 7. The summed E-state index contributed by atoms with van der Waals surface area (Å²) in [5.74, 6) is 0.247. The summed E-state index contributed by atoms with van der Waals surface area (Å²) in [6, 6.07) is 0. The van der Waals surface area contributed by atoms with Crippen LogP contribution in [0.3, 0.4) is 0 Å². The molecule has 0 aliphatic carbocycles. The fourth-order valence-corrected chi connectivity index (χ4v) is 1.45. The van der Waals surface area contributed by atoms with Gasteiger partial charge in [-0.2, -0.15) is 0 Å². The van der Waals surface area contributed by atoms with Crippen LogP contribution in [-0.4, -0.2) is 24.3 Å². The molecule has 2 atom stereocenters. The van der Waals surface area contributed by atoms with Crippen LogP contribution in [-0.2, 0) is 9.53 Å². The van der Waals surface area contributed by atoms with Gasteiger partial charge < -0.3 is 9.84 Å². The van der Waals surface area contributed by atoms with Crippen molar-refractivity contribution in [1.82, 2.24) is 0 Å². The van der Waals surface area contributed by atoms with E-state index in [2.05, 4.69) is 25.2 Å². The van der Waals surface area contributed by atoms with Gasteiger partial charge in [0.15, 0.2) is 6.10 Å². The summed E-state index contributed by atoms with van der Waals surface area (Å²) >= 11 is 0. The van der Waals surface area contributed by atoms with Crippen molar-refractivity contribution >= 4 is 5.97 Å². The third kappa shape index (κ3) is 5.91. The van der Waals surface area contributed by atoms with E-state index in [4.69, 9.17) is 0 Å². The lowest BCUT2D eigenvalue weighted by atomic mass is 9.92. The lowest BCUT2D eigenvalue weighted by Gasteiger charge is -2.16. The number of hydrogen-bond acceptors (Lipinski definition) is 3. The molecule has 0 aromatic rings. The van der Waals surface area contributed by atoms with Crippen molar-refractivity contribution in [1.29, 1.82) is 0 Å². The first-order valence-corrected chi connectivity index (χ1v) is 5.82. The number of carbonyl (C=O) groups is 1. The Morgan fingerprint density at radius 1 is 1.38 bits per heavy atom. The molecule has 16 heavy (non-hydrogen) atoms. The van der Waals surface area contributed by atoms with Gasteiger partial charge in [-0.3, -0.25) is 0 Å². The highest BCUT2D eigenvalue weighted by Crippen LogP contribution is 2.20. The van der Waals surface area contributed by atoms with Gasteiger partial charge in [0.2, 0.25) is 0 Å². The maximum absolute atomic E-state index is 11.0. The molecular weight excluding hydrogens is 204 g/mol. The Morgan fingerprint density at radius 2 is 1.94 bits per heavy atom. The molecule has 0 bridgehead atoms. The molecule has 0 heterocycles. The molecule has 0 saturated carbocycles. The van der Waals surface area contributed by atoms with E-state index in [1.807, 2.05) is 6.92 Å². The highest BCUT2D eigenvalue weighted by Gasteiger charge is 2.18. The first-order chi connectivity index (χ1) is 7.38. The minimum Gasteiger partial charge on any atom is -0.467 e. The molecule has 1 N–H and O–H groups in total. The molecular formula is C13H24O3. The number of methoxy groups -OCH3 is 1. The van der Waals surface area contributed by atoms with Gasteiger partial charge in [0.25, 0.3) is 0 Å². The number of esters is 1. The molecule has 0 aliphatic heterocycles. The van der Waals surface area contributed by atoms with Crippen molar-refractivity contribution in [2.45, 2.75) is 46.1 Å². The standard InChI is InChI=1S/C13H24O3/c1-9(2)11(4)7-6-10(3)8-12(14)13(15)16-5/h9-10,12,14H,4,6-8H2,1-3,5H3/t10-,12?/m1/s1. The monoisotopic (exact) mass is 228 g/mol. The third-order valence-electron chi connectivity index (χ3n) is 2.87. The average molecular weight is 228 g/mol. The van der Waals surface area contributed by atoms with Gasteiger partial charge in [-0.15, -0.1) is 0 Å². The summed E-state index contributed by atoms with van der Waals surface area (Å²) in [6.45, 7) is 10.3. The van der Waals surface area contributed by atoms with E-state index in [1.54, 1.807) is 0 Å². The molecule has 0 aromatic heterocycles. The lowest BCUT2D eigenvalue weighted by molar-refractivity contribution is -0.151. The van der Waals surface area contributed by atoms with Gasteiger partial charge in [0, 0.05) is 0 Å². The Labute approximate surface area is 98.5 Å². The summed E-state index contributed by atoms with van der Waals surface area (Å²) in [6.07, 6.45) is 1.36. The summed E-state index contributed by atoms with van der Waals surface area (Å²) in [4.78, 5) is 11.0. The van der Waals surface area contributed by atoms with E-state index in [0.29, 0.717) is 18.3 Å². The van der Waals surface area contributed by atoms with E-state index in [-0.39, 0.29) is 0 Å². The van der Waals surface area contributed by atoms with Crippen molar-refractivity contribution < 1.29 is 14.6 Å². The molecule has 1 unspecified atom stereocenters. The second kappa shape index (κ2) is 7.44. The van der Waals surface area contributed by atoms with Crippen molar-refractivity contribution in [3.05, 3.63) is 12.2 Å². The fourth-order valence-electron chi connectivity index (χ4n) is 1.45. The van der Waals surface area contributed by atoms with Crippen molar-refractivity contribution in [2.75, 3.05) is 7.11 Å². The quantitative estimate of drug-likeness (QED) is 0.538. The summed E-state index contributed by atoms with van der Waals surface area (Å²) in [5, 5.41) is 9.47. The van der Waals surface area contributed by atoms with Crippen LogP contribution in [0.5, 0.6) is 0 Å². The normalized spacial score (nSPS) is 14.6. The Balaban J connectivity index is 3.86. The van der Waals surface area contributed by atoms with Crippen LogP contribution in [0.15, 0.2) is 12.2 Å². The van der Waals surface area contributed by atoms with Gasteiger partial charge in [0.05, 0.1) is 7.11 Å². The Hall–Kier alpha value is -0.830. The molecule has 0 aromatic carbocycles. The zero-order valence-corrected chi connectivity index (χ0v) is 10.8. The van der Waals surface area contributed by atoms with Gasteiger partial charge >= 0.3 is 5.97 Å².